The molecule has 6 heteroatoms. The molecule has 0 saturated heterocycles. The van der Waals surface area contributed by atoms with E-state index in [1.165, 1.54) is 12.4 Å². The number of hydrogen-bond acceptors (Lipinski definition) is 5. The first-order valence-corrected chi connectivity index (χ1v) is 5.51. The van der Waals surface area contributed by atoms with Gasteiger partial charge in [0.2, 0.25) is 0 Å². The number of nitrogens with one attached hydrogen (secondary N) is 2. The van der Waals surface area contributed by atoms with Gasteiger partial charge in [-0.15, -0.1) is 0 Å². The molecule has 0 aliphatic carbocycles. The van der Waals surface area contributed by atoms with Crippen molar-refractivity contribution in [3.8, 4) is 5.75 Å². The molecule has 0 aliphatic heterocycles. The van der Waals surface area contributed by atoms with Crippen molar-refractivity contribution < 1.29 is 4.74 Å². The molecule has 0 amide bonds. The van der Waals surface area contributed by atoms with Crippen molar-refractivity contribution in [1.29, 1.82) is 0 Å². The molecular weight excluding hydrogens is 232 g/mol. The molecule has 0 bridgehead atoms. The zero-order valence-corrected chi connectivity index (χ0v) is 9.72. The van der Waals surface area contributed by atoms with Gasteiger partial charge in [0.25, 0.3) is 5.56 Å². The van der Waals surface area contributed by atoms with Gasteiger partial charge in [-0.25, -0.2) is 4.98 Å². The summed E-state index contributed by atoms with van der Waals surface area (Å²) >= 11 is 0. The molecule has 18 heavy (non-hydrogen) atoms. The van der Waals surface area contributed by atoms with E-state index >= 15 is 0 Å². The standard InChI is InChI=1S/C12H14N4O2/c13-9-3-1-2-4-10(9)18-6-5-14-11-7-12(17)16-8-15-11/h1-4,7-8H,5-6,13H2,(H2,14,15,16,17). The van der Waals surface area contributed by atoms with Crippen LogP contribution in [0.1, 0.15) is 0 Å². The van der Waals surface area contributed by atoms with Crippen LogP contribution in [-0.2, 0) is 0 Å². The highest BCUT2D eigenvalue weighted by atomic mass is 16.5. The molecule has 1 aromatic heterocycles. The lowest BCUT2D eigenvalue weighted by atomic mass is 10.3. The van der Waals surface area contributed by atoms with Crippen LogP contribution in [0.4, 0.5) is 11.5 Å². The summed E-state index contributed by atoms with van der Waals surface area (Å²) in [7, 11) is 0. The number of anilines is 2. The van der Waals surface area contributed by atoms with E-state index in [-0.39, 0.29) is 5.56 Å². The van der Waals surface area contributed by atoms with E-state index in [1.807, 2.05) is 12.1 Å². The molecule has 0 unspecified atom stereocenters. The van der Waals surface area contributed by atoms with Gasteiger partial charge in [-0.3, -0.25) is 4.79 Å². The second-order valence-corrected chi connectivity index (χ2v) is 3.61. The predicted molar refractivity (Wildman–Crippen MR) is 69.7 cm³/mol. The quantitative estimate of drug-likeness (QED) is 0.537. The van der Waals surface area contributed by atoms with E-state index in [9.17, 15) is 4.79 Å². The maximum atomic E-state index is 11.0. The van der Waals surface area contributed by atoms with Crippen molar-refractivity contribution in [3.63, 3.8) is 0 Å². The van der Waals surface area contributed by atoms with Crippen molar-refractivity contribution in [2.75, 3.05) is 24.2 Å². The fraction of sp³-hybridized carbons (Fsp3) is 0.167. The molecule has 4 N–H and O–H groups in total. The second kappa shape index (κ2) is 5.72. The highest BCUT2D eigenvalue weighted by Gasteiger charge is 1.98. The summed E-state index contributed by atoms with van der Waals surface area (Å²) in [6.45, 7) is 0.966. The second-order valence-electron chi connectivity index (χ2n) is 3.61. The molecule has 0 aliphatic rings. The average molecular weight is 246 g/mol. The van der Waals surface area contributed by atoms with Crippen LogP contribution in [-0.4, -0.2) is 23.1 Å². The first-order valence-electron chi connectivity index (χ1n) is 5.51. The first kappa shape index (κ1) is 12.0. The number of ether oxygens (including phenoxy) is 1. The smallest absolute Gasteiger partial charge is 0.252 e. The van der Waals surface area contributed by atoms with E-state index in [2.05, 4.69) is 15.3 Å². The lowest BCUT2D eigenvalue weighted by Crippen LogP contribution is -2.15. The normalized spacial score (nSPS) is 10.0. The Kier molecular flexibility index (Phi) is 3.80. The Morgan fingerprint density at radius 1 is 1.39 bits per heavy atom. The molecule has 2 aromatic rings. The number of nitrogens with zero attached hydrogens (tertiary/aromatic N) is 1. The molecule has 0 saturated carbocycles. The summed E-state index contributed by atoms with van der Waals surface area (Å²) < 4.78 is 5.49. The van der Waals surface area contributed by atoms with Gasteiger partial charge in [0.1, 0.15) is 18.2 Å². The Morgan fingerprint density at radius 3 is 3.00 bits per heavy atom. The average Bonchev–Trinajstić information content (AvgIpc) is 2.37. The van der Waals surface area contributed by atoms with Gasteiger partial charge < -0.3 is 20.8 Å². The molecule has 6 nitrogen and oxygen atoms in total. The maximum Gasteiger partial charge on any atom is 0.252 e. The minimum Gasteiger partial charge on any atom is -0.490 e. The van der Waals surface area contributed by atoms with Gasteiger partial charge in [0.05, 0.1) is 18.6 Å². The minimum atomic E-state index is -0.194. The summed E-state index contributed by atoms with van der Waals surface area (Å²) in [6, 6.07) is 8.68. The fourth-order valence-electron chi connectivity index (χ4n) is 1.42. The lowest BCUT2D eigenvalue weighted by Gasteiger charge is -2.09. The van der Waals surface area contributed by atoms with E-state index in [0.29, 0.717) is 30.4 Å². The highest BCUT2D eigenvalue weighted by Crippen LogP contribution is 2.19. The van der Waals surface area contributed by atoms with E-state index < -0.39 is 0 Å². The molecule has 0 spiro atoms. The van der Waals surface area contributed by atoms with E-state index in [4.69, 9.17) is 10.5 Å². The number of nitrogens with two attached hydrogens (primary N) is 1. The van der Waals surface area contributed by atoms with Crippen molar-refractivity contribution in [1.82, 2.24) is 9.97 Å². The van der Waals surface area contributed by atoms with Crippen LogP contribution in [0.25, 0.3) is 0 Å². The van der Waals surface area contributed by atoms with Crippen molar-refractivity contribution in [3.05, 3.63) is 47.0 Å². The van der Waals surface area contributed by atoms with Crippen LogP contribution in [0.2, 0.25) is 0 Å². The van der Waals surface area contributed by atoms with Gasteiger partial charge in [0.15, 0.2) is 0 Å². The highest BCUT2D eigenvalue weighted by molar-refractivity contribution is 5.51. The molecule has 0 atom stereocenters. The number of aromatic amines is 1. The number of nitrogen functional groups attached to an aromatic ring is 1. The number of aromatic nitrogens is 2. The number of hydrogen-bond donors (Lipinski definition) is 3. The summed E-state index contributed by atoms with van der Waals surface area (Å²) in [5, 5.41) is 2.98. The topological polar surface area (TPSA) is 93.0 Å². The van der Waals surface area contributed by atoms with Crippen LogP contribution >= 0.6 is 0 Å². The number of para-hydroxylation sites is 2. The Bertz CT molecular complexity index is 568. The molecular formula is C12H14N4O2. The van der Waals surface area contributed by atoms with Crippen LogP contribution in [0.5, 0.6) is 5.75 Å². The molecule has 1 heterocycles. The van der Waals surface area contributed by atoms with Crippen LogP contribution in [0, 0.1) is 0 Å². The third-order valence-electron chi connectivity index (χ3n) is 2.26. The first-order chi connectivity index (χ1) is 8.75. The fourth-order valence-corrected chi connectivity index (χ4v) is 1.42. The Morgan fingerprint density at radius 2 is 2.22 bits per heavy atom. The van der Waals surface area contributed by atoms with E-state index in [0.717, 1.165) is 0 Å². The SMILES string of the molecule is Nc1ccccc1OCCNc1cc(=O)[nH]cn1. The Hall–Kier alpha value is -2.50. The zero-order chi connectivity index (χ0) is 12.8. The molecule has 0 fully saturated rings. The lowest BCUT2D eigenvalue weighted by molar-refractivity contribution is 0.334. The van der Waals surface area contributed by atoms with Gasteiger partial charge in [-0.05, 0) is 12.1 Å². The molecule has 94 valence electrons. The minimum absolute atomic E-state index is 0.194. The summed E-state index contributed by atoms with van der Waals surface area (Å²) in [4.78, 5) is 17.4. The maximum absolute atomic E-state index is 11.0. The number of rotatable bonds is 5. The Balaban J connectivity index is 1.80. The molecule has 0 radical (unpaired) electrons. The zero-order valence-electron chi connectivity index (χ0n) is 9.72. The summed E-state index contributed by atoms with van der Waals surface area (Å²) in [5.41, 5.74) is 6.14. The van der Waals surface area contributed by atoms with Crippen LogP contribution in [0.15, 0.2) is 41.5 Å². The van der Waals surface area contributed by atoms with Crippen molar-refractivity contribution in [2.24, 2.45) is 0 Å². The summed E-state index contributed by atoms with van der Waals surface area (Å²) in [6.07, 6.45) is 1.35. The van der Waals surface area contributed by atoms with Gasteiger partial charge in [-0.1, -0.05) is 12.1 Å². The molecule has 1 aromatic carbocycles. The van der Waals surface area contributed by atoms with Crippen molar-refractivity contribution >= 4 is 11.5 Å². The third-order valence-corrected chi connectivity index (χ3v) is 2.26. The van der Waals surface area contributed by atoms with Gasteiger partial charge in [-0.2, -0.15) is 0 Å². The van der Waals surface area contributed by atoms with Gasteiger partial charge >= 0.3 is 0 Å². The van der Waals surface area contributed by atoms with Crippen molar-refractivity contribution in [2.45, 2.75) is 0 Å². The monoisotopic (exact) mass is 246 g/mol. The number of benzene rings is 1. The summed E-state index contributed by atoms with van der Waals surface area (Å²) in [5.74, 6) is 1.17. The third kappa shape index (κ3) is 3.24. The largest absolute Gasteiger partial charge is 0.490 e. The van der Waals surface area contributed by atoms with Gasteiger partial charge in [0, 0.05) is 6.07 Å². The predicted octanol–water partition coefficient (Wildman–Crippen LogP) is 0.843. The Labute approximate surface area is 104 Å². The van der Waals surface area contributed by atoms with Crippen LogP contribution < -0.4 is 21.3 Å². The molecule has 2 rings (SSSR count). The van der Waals surface area contributed by atoms with Crippen LogP contribution in [0.3, 0.4) is 0 Å². The number of H-pyrrole nitrogens is 1. The van der Waals surface area contributed by atoms with E-state index in [1.54, 1.807) is 12.1 Å².